The Labute approximate surface area is 171 Å². The fourth-order valence-corrected chi connectivity index (χ4v) is 4.23. The Morgan fingerprint density at radius 1 is 1.14 bits per heavy atom. The SMILES string of the molecule is CC(C)c1ccc(N2C(=O)CS[C@H]2c2cccc(NC(=O)C(C)(C)C)c2)cc1. The molecule has 1 saturated heterocycles. The van der Waals surface area contributed by atoms with Crippen molar-refractivity contribution >= 4 is 35.0 Å². The fourth-order valence-electron chi connectivity index (χ4n) is 3.06. The number of carbonyl (C=O) groups excluding carboxylic acids is 2. The first kappa shape index (κ1) is 20.5. The van der Waals surface area contributed by atoms with Gasteiger partial charge in [0.25, 0.3) is 0 Å². The summed E-state index contributed by atoms with van der Waals surface area (Å²) in [6.45, 7) is 9.98. The molecule has 148 valence electrons. The molecule has 2 amide bonds. The summed E-state index contributed by atoms with van der Waals surface area (Å²) in [7, 11) is 0. The first-order chi connectivity index (χ1) is 13.2. The Morgan fingerprint density at radius 3 is 2.43 bits per heavy atom. The molecule has 0 aliphatic carbocycles. The Bertz CT molecular complexity index is 869. The minimum absolute atomic E-state index is 0.0269. The van der Waals surface area contributed by atoms with Gasteiger partial charge in [0.2, 0.25) is 11.8 Å². The van der Waals surface area contributed by atoms with Crippen molar-refractivity contribution in [2.45, 2.75) is 45.9 Å². The molecule has 4 nitrogen and oxygen atoms in total. The standard InChI is InChI=1S/C23H28N2O2S/c1-15(2)16-9-11-19(12-10-16)25-20(26)14-28-21(25)17-7-6-8-18(13-17)24-22(27)23(3,4)5/h6-13,15,21H,14H2,1-5H3,(H,24,27)/t21-/m0/s1. The predicted molar refractivity (Wildman–Crippen MR) is 118 cm³/mol. The van der Waals surface area contributed by atoms with Gasteiger partial charge in [-0.3, -0.25) is 14.5 Å². The first-order valence-corrected chi connectivity index (χ1v) is 10.7. The number of thioether (sulfide) groups is 1. The van der Waals surface area contributed by atoms with Crippen molar-refractivity contribution < 1.29 is 9.59 Å². The van der Waals surface area contributed by atoms with Crippen LogP contribution in [0.3, 0.4) is 0 Å². The van der Waals surface area contributed by atoms with Crippen LogP contribution in [0, 0.1) is 5.41 Å². The number of nitrogens with one attached hydrogen (secondary N) is 1. The van der Waals surface area contributed by atoms with Gasteiger partial charge in [0, 0.05) is 16.8 Å². The molecule has 0 radical (unpaired) electrons. The summed E-state index contributed by atoms with van der Waals surface area (Å²) in [5, 5.41) is 2.89. The predicted octanol–water partition coefficient (Wildman–Crippen LogP) is 5.57. The van der Waals surface area contributed by atoms with Gasteiger partial charge >= 0.3 is 0 Å². The van der Waals surface area contributed by atoms with Crippen molar-refractivity contribution in [1.82, 2.24) is 0 Å². The number of benzene rings is 2. The van der Waals surface area contributed by atoms with Crippen molar-refractivity contribution in [2.75, 3.05) is 16.0 Å². The third kappa shape index (κ3) is 4.41. The quantitative estimate of drug-likeness (QED) is 0.735. The van der Waals surface area contributed by atoms with Crippen molar-refractivity contribution in [3.8, 4) is 0 Å². The van der Waals surface area contributed by atoms with Crippen LogP contribution in [-0.2, 0) is 9.59 Å². The van der Waals surface area contributed by atoms with Gasteiger partial charge in [-0.2, -0.15) is 0 Å². The number of anilines is 2. The summed E-state index contributed by atoms with van der Waals surface area (Å²) in [6.07, 6.45) is 0. The summed E-state index contributed by atoms with van der Waals surface area (Å²) >= 11 is 1.61. The zero-order chi connectivity index (χ0) is 20.5. The van der Waals surface area contributed by atoms with Crippen LogP contribution in [0.2, 0.25) is 0 Å². The molecule has 28 heavy (non-hydrogen) atoms. The van der Waals surface area contributed by atoms with Crippen molar-refractivity contribution in [3.05, 3.63) is 59.7 Å². The van der Waals surface area contributed by atoms with Gasteiger partial charge in [0.15, 0.2) is 0 Å². The third-order valence-electron chi connectivity index (χ3n) is 4.82. The molecule has 0 saturated carbocycles. The lowest BCUT2D eigenvalue weighted by Gasteiger charge is -2.25. The van der Waals surface area contributed by atoms with Crippen LogP contribution in [0.1, 0.15) is 57.0 Å². The average Bonchev–Trinajstić information content (AvgIpc) is 3.02. The number of hydrogen-bond donors (Lipinski definition) is 1. The van der Waals surface area contributed by atoms with Gasteiger partial charge in [-0.15, -0.1) is 11.8 Å². The van der Waals surface area contributed by atoms with Crippen LogP contribution in [0.25, 0.3) is 0 Å². The van der Waals surface area contributed by atoms with Crippen LogP contribution < -0.4 is 10.2 Å². The Hall–Kier alpha value is -2.27. The normalized spacial score (nSPS) is 17.3. The lowest BCUT2D eigenvalue weighted by Crippen LogP contribution is -2.28. The number of rotatable bonds is 4. The van der Waals surface area contributed by atoms with Gasteiger partial charge < -0.3 is 5.32 Å². The van der Waals surface area contributed by atoms with E-state index in [4.69, 9.17) is 0 Å². The molecule has 5 heteroatoms. The topological polar surface area (TPSA) is 49.4 Å². The Morgan fingerprint density at radius 2 is 1.82 bits per heavy atom. The molecule has 3 rings (SSSR count). The van der Waals surface area contributed by atoms with Crippen molar-refractivity contribution in [2.24, 2.45) is 5.41 Å². The lowest BCUT2D eigenvalue weighted by atomic mass is 9.95. The van der Waals surface area contributed by atoms with Crippen LogP contribution in [0.15, 0.2) is 48.5 Å². The molecular weight excluding hydrogens is 368 g/mol. The molecule has 1 aliphatic heterocycles. The number of carbonyl (C=O) groups is 2. The zero-order valence-corrected chi connectivity index (χ0v) is 18.0. The van der Waals surface area contributed by atoms with E-state index >= 15 is 0 Å². The van der Waals surface area contributed by atoms with E-state index in [1.54, 1.807) is 11.8 Å². The molecule has 1 aliphatic rings. The molecule has 2 aromatic carbocycles. The lowest BCUT2D eigenvalue weighted by molar-refractivity contribution is -0.123. The maximum Gasteiger partial charge on any atom is 0.238 e. The van der Waals surface area contributed by atoms with E-state index in [1.165, 1.54) is 5.56 Å². The van der Waals surface area contributed by atoms with Gasteiger partial charge in [-0.05, 0) is 41.3 Å². The van der Waals surface area contributed by atoms with Gasteiger partial charge in [0.1, 0.15) is 5.37 Å². The maximum atomic E-state index is 12.6. The maximum absolute atomic E-state index is 12.6. The molecular formula is C23H28N2O2S. The van der Waals surface area contributed by atoms with Gasteiger partial charge in [0.05, 0.1) is 5.75 Å². The molecule has 0 spiro atoms. The van der Waals surface area contributed by atoms with E-state index < -0.39 is 5.41 Å². The minimum atomic E-state index is -0.460. The smallest absolute Gasteiger partial charge is 0.238 e. The third-order valence-corrected chi connectivity index (χ3v) is 6.03. The monoisotopic (exact) mass is 396 g/mol. The highest BCUT2D eigenvalue weighted by molar-refractivity contribution is 8.00. The first-order valence-electron chi connectivity index (χ1n) is 9.62. The van der Waals surface area contributed by atoms with Crippen LogP contribution in [0.4, 0.5) is 11.4 Å². The van der Waals surface area contributed by atoms with Gasteiger partial charge in [-0.1, -0.05) is 58.9 Å². The van der Waals surface area contributed by atoms with Gasteiger partial charge in [-0.25, -0.2) is 0 Å². The molecule has 1 N–H and O–H groups in total. The highest BCUT2D eigenvalue weighted by Gasteiger charge is 2.34. The van der Waals surface area contributed by atoms with Crippen LogP contribution in [-0.4, -0.2) is 17.6 Å². The summed E-state index contributed by atoms with van der Waals surface area (Å²) in [5.74, 6) is 0.990. The molecule has 1 heterocycles. The summed E-state index contributed by atoms with van der Waals surface area (Å²) in [4.78, 5) is 26.8. The Kier molecular flexibility index (Phi) is 5.84. The second-order valence-corrected chi connectivity index (χ2v) is 9.57. The van der Waals surface area contributed by atoms with Crippen LogP contribution >= 0.6 is 11.8 Å². The summed E-state index contributed by atoms with van der Waals surface area (Å²) in [6, 6.07) is 16.0. The van der Waals surface area contributed by atoms with E-state index in [9.17, 15) is 9.59 Å². The van der Waals surface area contributed by atoms with E-state index in [-0.39, 0.29) is 17.2 Å². The van der Waals surface area contributed by atoms with Crippen molar-refractivity contribution in [3.63, 3.8) is 0 Å². The van der Waals surface area contributed by atoms with Crippen molar-refractivity contribution in [1.29, 1.82) is 0 Å². The Balaban J connectivity index is 1.86. The number of amides is 2. The molecule has 2 aromatic rings. The fraction of sp³-hybridized carbons (Fsp3) is 0.391. The largest absolute Gasteiger partial charge is 0.326 e. The van der Waals surface area contributed by atoms with E-state index in [0.717, 1.165) is 16.9 Å². The summed E-state index contributed by atoms with van der Waals surface area (Å²) in [5.41, 5.74) is 3.47. The van der Waals surface area contributed by atoms with E-state index in [0.29, 0.717) is 11.7 Å². The molecule has 1 atom stereocenters. The highest BCUT2D eigenvalue weighted by Crippen LogP contribution is 2.42. The molecule has 0 aromatic heterocycles. The molecule has 1 fully saturated rings. The number of hydrogen-bond acceptors (Lipinski definition) is 3. The molecule has 0 bridgehead atoms. The summed E-state index contributed by atoms with van der Waals surface area (Å²) < 4.78 is 0. The van der Waals surface area contributed by atoms with Crippen LogP contribution in [0.5, 0.6) is 0 Å². The minimum Gasteiger partial charge on any atom is -0.326 e. The molecule has 0 unspecified atom stereocenters. The second kappa shape index (κ2) is 8.00. The number of nitrogens with zero attached hydrogens (tertiary/aromatic N) is 1. The second-order valence-electron chi connectivity index (χ2n) is 8.50. The van der Waals surface area contributed by atoms with E-state index in [2.05, 4.69) is 31.3 Å². The highest BCUT2D eigenvalue weighted by atomic mass is 32.2. The zero-order valence-electron chi connectivity index (χ0n) is 17.2. The van der Waals surface area contributed by atoms with E-state index in [1.807, 2.05) is 62.1 Å². The average molecular weight is 397 g/mol.